The number of carbonyl (C=O) groups excluding carboxylic acids is 2. The Hall–Kier alpha value is -2.72. The summed E-state index contributed by atoms with van der Waals surface area (Å²) < 4.78 is 27.2. The molecule has 2 aromatic rings. The molecule has 2 unspecified atom stereocenters. The Kier molecular flexibility index (Phi) is 5.32. The summed E-state index contributed by atoms with van der Waals surface area (Å²) in [4.78, 5) is 25.8. The molecule has 0 radical (unpaired) electrons. The summed E-state index contributed by atoms with van der Waals surface area (Å²) in [7, 11) is 0. The van der Waals surface area contributed by atoms with Crippen LogP contribution in [0.1, 0.15) is 41.6 Å². The molecule has 2 atom stereocenters. The maximum Gasteiger partial charge on any atom is 0.248 e. The van der Waals surface area contributed by atoms with Gasteiger partial charge in [-0.25, -0.2) is 13.7 Å². The number of ketones is 1. The van der Waals surface area contributed by atoms with Crippen molar-refractivity contribution >= 4 is 17.4 Å². The van der Waals surface area contributed by atoms with Crippen LogP contribution in [-0.4, -0.2) is 57.4 Å². The van der Waals surface area contributed by atoms with Gasteiger partial charge in [0, 0.05) is 24.1 Å². The molecule has 7 nitrogen and oxygen atoms in total. The third kappa shape index (κ3) is 3.95. The van der Waals surface area contributed by atoms with Crippen molar-refractivity contribution in [2.75, 3.05) is 11.9 Å². The minimum Gasteiger partial charge on any atom is -0.376 e. The van der Waals surface area contributed by atoms with E-state index in [0.717, 1.165) is 22.4 Å². The number of hydrogen-bond donors (Lipinski definition) is 4. The first-order valence-electron chi connectivity index (χ1n) is 11.0. The number of halogens is 2. The molecule has 2 fully saturated rings. The Morgan fingerprint density at radius 1 is 1.06 bits per heavy atom. The molecule has 0 aromatic heterocycles. The maximum atomic E-state index is 13.6. The van der Waals surface area contributed by atoms with Crippen LogP contribution >= 0.6 is 0 Å². The van der Waals surface area contributed by atoms with Crippen LogP contribution in [0.25, 0.3) is 11.1 Å². The van der Waals surface area contributed by atoms with Crippen molar-refractivity contribution in [2.24, 2.45) is 0 Å². The lowest BCUT2D eigenvalue weighted by Gasteiger charge is -2.39. The number of fused-ring (bicyclic) bond motifs is 1. The number of benzene rings is 2. The Labute approximate surface area is 189 Å². The first-order valence-corrected chi connectivity index (χ1v) is 11.0. The molecule has 1 saturated heterocycles. The largest absolute Gasteiger partial charge is 0.376 e. The highest BCUT2D eigenvalue weighted by atomic mass is 19.3. The highest BCUT2D eigenvalue weighted by Gasteiger charge is 2.55. The molecule has 3 aliphatic rings. The van der Waals surface area contributed by atoms with Gasteiger partial charge in [0.05, 0.1) is 18.5 Å². The molecule has 33 heavy (non-hydrogen) atoms. The second-order valence-corrected chi connectivity index (χ2v) is 9.13. The lowest BCUT2D eigenvalue weighted by atomic mass is 9.79. The van der Waals surface area contributed by atoms with Gasteiger partial charge in [0.25, 0.3) is 0 Å². The van der Waals surface area contributed by atoms with Crippen LogP contribution in [-0.2, 0) is 11.2 Å². The molecule has 5 rings (SSSR count). The highest BCUT2D eigenvalue weighted by molar-refractivity contribution is 6.02. The quantitative estimate of drug-likeness (QED) is 0.527. The van der Waals surface area contributed by atoms with Gasteiger partial charge in [-0.2, -0.15) is 0 Å². The fourth-order valence-corrected chi connectivity index (χ4v) is 5.12. The zero-order valence-electron chi connectivity index (χ0n) is 17.9. The van der Waals surface area contributed by atoms with Crippen molar-refractivity contribution in [1.29, 1.82) is 0 Å². The number of Topliss-reactive ketones (excluding diaryl/α,β-unsaturated/α-hetero) is 1. The normalized spacial score (nSPS) is 25.8. The van der Waals surface area contributed by atoms with Crippen molar-refractivity contribution in [3.63, 3.8) is 0 Å². The maximum absolute atomic E-state index is 13.6. The smallest absolute Gasteiger partial charge is 0.248 e. The summed E-state index contributed by atoms with van der Waals surface area (Å²) >= 11 is 0. The average Bonchev–Trinajstić information content (AvgIpc) is 3.28. The topological polar surface area (TPSA) is 102 Å². The van der Waals surface area contributed by atoms with E-state index >= 15 is 0 Å². The lowest BCUT2D eigenvalue weighted by molar-refractivity contribution is -0.115. The number of hydrogen-bond acceptors (Lipinski definition) is 6. The van der Waals surface area contributed by atoms with Crippen LogP contribution in [0.2, 0.25) is 0 Å². The van der Waals surface area contributed by atoms with Gasteiger partial charge in [-0.05, 0) is 35.6 Å². The molecule has 2 aliphatic heterocycles. The molecule has 4 N–H and O–H groups in total. The molecule has 2 heterocycles. The van der Waals surface area contributed by atoms with Crippen molar-refractivity contribution in [3.8, 4) is 11.1 Å². The number of carbonyl (C=O) groups is 2. The van der Waals surface area contributed by atoms with Gasteiger partial charge in [-0.15, -0.1) is 0 Å². The zero-order chi connectivity index (χ0) is 23.4. The standard InChI is InChI=1S/C24H25F2N3O4/c25-24(26)10-8-23(9-11-24)21(32)29(22(33)28-23)13-19(30)15-6-4-14(5-7-15)16-2-1-3-18-17(16)12-20(31)27-18/h1-7,21-22,28,32-33H,8-13H2,(H,27,31). The van der Waals surface area contributed by atoms with E-state index < -0.39 is 24.0 Å². The predicted molar refractivity (Wildman–Crippen MR) is 117 cm³/mol. The van der Waals surface area contributed by atoms with Crippen molar-refractivity contribution in [3.05, 3.63) is 53.6 Å². The molecular formula is C24H25F2N3O4. The van der Waals surface area contributed by atoms with Gasteiger partial charge in [0.1, 0.15) is 6.23 Å². The van der Waals surface area contributed by atoms with E-state index in [9.17, 15) is 28.6 Å². The van der Waals surface area contributed by atoms with Gasteiger partial charge in [0.2, 0.25) is 11.8 Å². The van der Waals surface area contributed by atoms with Crippen LogP contribution < -0.4 is 10.6 Å². The number of anilines is 1. The Morgan fingerprint density at radius 3 is 2.45 bits per heavy atom. The number of nitrogens with zero attached hydrogens (tertiary/aromatic N) is 1. The van der Waals surface area contributed by atoms with E-state index in [-0.39, 0.29) is 43.9 Å². The summed E-state index contributed by atoms with van der Waals surface area (Å²) in [6, 6.07) is 12.6. The Bertz CT molecular complexity index is 1100. The van der Waals surface area contributed by atoms with Crippen molar-refractivity contribution in [1.82, 2.24) is 10.2 Å². The van der Waals surface area contributed by atoms with Gasteiger partial charge in [0.15, 0.2) is 12.1 Å². The van der Waals surface area contributed by atoms with Crippen LogP contribution in [0.15, 0.2) is 42.5 Å². The molecular weight excluding hydrogens is 432 g/mol. The summed E-state index contributed by atoms with van der Waals surface area (Å²) in [6.45, 7) is -0.258. The molecule has 1 spiro atoms. The van der Waals surface area contributed by atoms with Crippen molar-refractivity contribution < 1.29 is 28.6 Å². The number of nitrogens with one attached hydrogen (secondary N) is 2. The van der Waals surface area contributed by atoms with E-state index in [1.54, 1.807) is 24.3 Å². The number of alkyl halides is 2. The SMILES string of the molecule is O=C1Cc2c(cccc2-c2ccc(C(=O)CN3C(O)NC4(CCC(F)(F)CC4)C3O)cc2)N1. The van der Waals surface area contributed by atoms with Gasteiger partial charge in [-0.3, -0.25) is 14.9 Å². The molecule has 0 bridgehead atoms. The minimum absolute atomic E-state index is 0.0103. The fraction of sp³-hybridized carbons (Fsp3) is 0.417. The zero-order valence-corrected chi connectivity index (χ0v) is 17.9. The molecule has 1 amide bonds. The summed E-state index contributed by atoms with van der Waals surface area (Å²) in [5, 5.41) is 26.8. The molecule has 9 heteroatoms. The molecule has 174 valence electrons. The first kappa shape index (κ1) is 22.1. The van der Waals surface area contributed by atoms with Crippen LogP contribution in [0, 0.1) is 0 Å². The molecule has 2 aromatic carbocycles. The van der Waals surface area contributed by atoms with Gasteiger partial charge >= 0.3 is 0 Å². The van der Waals surface area contributed by atoms with Crippen LogP contribution in [0.3, 0.4) is 0 Å². The number of rotatable bonds is 4. The van der Waals surface area contributed by atoms with E-state index in [4.69, 9.17) is 0 Å². The number of amides is 1. The predicted octanol–water partition coefficient (Wildman–Crippen LogP) is 2.48. The third-order valence-corrected chi connectivity index (χ3v) is 7.04. The Morgan fingerprint density at radius 2 is 1.76 bits per heavy atom. The lowest BCUT2D eigenvalue weighted by Crippen LogP contribution is -2.54. The Balaban J connectivity index is 1.29. The highest BCUT2D eigenvalue weighted by Crippen LogP contribution is 2.43. The third-order valence-electron chi connectivity index (χ3n) is 7.04. The summed E-state index contributed by atoms with van der Waals surface area (Å²) in [5.74, 6) is -3.14. The van der Waals surface area contributed by atoms with Crippen molar-refractivity contribution in [2.45, 2.75) is 56.1 Å². The first-order chi connectivity index (χ1) is 15.7. The fourth-order valence-electron chi connectivity index (χ4n) is 5.12. The molecule has 1 aliphatic carbocycles. The second-order valence-electron chi connectivity index (χ2n) is 9.13. The van der Waals surface area contributed by atoms with Gasteiger partial charge in [-0.1, -0.05) is 36.4 Å². The van der Waals surface area contributed by atoms with Crippen LogP contribution in [0.5, 0.6) is 0 Å². The molecule has 1 saturated carbocycles. The average molecular weight is 457 g/mol. The number of aliphatic hydroxyl groups is 2. The van der Waals surface area contributed by atoms with E-state index in [2.05, 4.69) is 10.6 Å². The summed E-state index contributed by atoms with van der Waals surface area (Å²) in [5.41, 5.74) is 2.83. The van der Waals surface area contributed by atoms with E-state index in [1.165, 1.54) is 4.90 Å². The second kappa shape index (κ2) is 7.95. The van der Waals surface area contributed by atoms with E-state index in [1.807, 2.05) is 18.2 Å². The van der Waals surface area contributed by atoms with Gasteiger partial charge < -0.3 is 15.5 Å². The summed E-state index contributed by atoms with van der Waals surface area (Å²) in [6.07, 6.45) is -2.98. The van der Waals surface area contributed by atoms with Crippen LogP contribution in [0.4, 0.5) is 14.5 Å². The van der Waals surface area contributed by atoms with E-state index in [0.29, 0.717) is 12.0 Å². The number of aliphatic hydroxyl groups excluding tert-OH is 2. The monoisotopic (exact) mass is 457 g/mol. The minimum atomic E-state index is -2.77.